The fourth-order valence-electron chi connectivity index (χ4n) is 3.18. The lowest BCUT2D eigenvalue weighted by Gasteiger charge is -2.27. The molecular formula is C18H25NO5S. The summed E-state index contributed by atoms with van der Waals surface area (Å²) in [6, 6.07) is 0. The largest absolute Gasteiger partial charge is 0.481 e. The highest BCUT2D eigenvalue weighted by Gasteiger charge is 2.36. The zero-order chi connectivity index (χ0) is 18.7. The van der Waals surface area contributed by atoms with Crippen LogP contribution in [0.4, 0.5) is 5.00 Å². The van der Waals surface area contributed by atoms with Crippen LogP contribution in [-0.4, -0.2) is 29.1 Å². The first kappa shape index (κ1) is 19.4. The Bertz CT molecular complexity index is 679. The molecule has 2 rings (SSSR count). The van der Waals surface area contributed by atoms with Gasteiger partial charge in [-0.05, 0) is 46.1 Å². The lowest BCUT2D eigenvalue weighted by atomic mass is 9.79. The lowest BCUT2D eigenvalue weighted by molar-refractivity contribution is -0.147. The average Bonchev–Trinajstić information content (AvgIpc) is 2.80. The molecule has 1 aliphatic rings. The van der Waals surface area contributed by atoms with E-state index in [2.05, 4.69) is 5.32 Å². The summed E-state index contributed by atoms with van der Waals surface area (Å²) in [5.41, 5.74) is 1.15. The number of carboxylic acid groups (broad SMARTS) is 1. The summed E-state index contributed by atoms with van der Waals surface area (Å²) in [5, 5.41) is 12.6. The Labute approximate surface area is 151 Å². The van der Waals surface area contributed by atoms with Crippen molar-refractivity contribution in [2.24, 2.45) is 11.8 Å². The van der Waals surface area contributed by atoms with E-state index in [-0.39, 0.29) is 12.0 Å². The molecule has 0 aromatic carbocycles. The number of aryl methyl sites for hydroxylation is 1. The standard InChI is InChI=1S/C18H25NO5S/c1-9(2)24-18(23)14-10(3)11(4)25-16(14)19-15(20)12-7-5-6-8-13(12)17(21)22/h9,12-13H,5-8H2,1-4H3,(H,19,20)(H,21,22)/t12-,13-/m0/s1. The van der Waals surface area contributed by atoms with Crippen LogP contribution in [0.1, 0.15) is 60.3 Å². The van der Waals surface area contributed by atoms with E-state index < -0.39 is 23.8 Å². The van der Waals surface area contributed by atoms with Crippen molar-refractivity contribution in [3.05, 3.63) is 16.0 Å². The zero-order valence-electron chi connectivity index (χ0n) is 15.0. The van der Waals surface area contributed by atoms with Gasteiger partial charge in [-0.2, -0.15) is 0 Å². The van der Waals surface area contributed by atoms with E-state index in [9.17, 15) is 19.5 Å². The lowest BCUT2D eigenvalue weighted by Crippen LogP contribution is -2.36. The van der Waals surface area contributed by atoms with Gasteiger partial charge >= 0.3 is 11.9 Å². The Hall–Kier alpha value is -1.89. The molecule has 6 nitrogen and oxygen atoms in total. The number of esters is 1. The molecule has 1 heterocycles. The number of carboxylic acids is 1. The van der Waals surface area contributed by atoms with Gasteiger partial charge in [-0.1, -0.05) is 12.8 Å². The molecule has 0 saturated heterocycles. The molecule has 1 amide bonds. The van der Waals surface area contributed by atoms with Gasteiger partial charge in [-0.3, -0.25) is 9.59 Å². The quantitative estimate of drug-likeness (QED) is 0.773. The second kappa shape index (κ2) is 7.99. The molecule has 1 saturated carbocycles. The highest BCUT2D eigenvalue weighted by atomic mass is 32.1. The van der Waals surface area contributed by atoms with Crippen molar-refractivity contribution in [1.82, 2.24) is 0 Å². The molecule has 1 fully saturated rings. The van der Waals surface area contributed by atoms with E-state index >= 15 is 0 Å². The summed E-state index contributed by atoms with van der Waals surface area (Å²) >= 11 is 1.32. The number of anilines is 1. The number of hydrogen-bond acceptors (Lipinski definition) is 5. The smallest absolute Gasteiger partial charge is 0.341 e. The topological polar surface area (TPSA) is 92.7 Å². The van der Waals surface area contributed by atoms with E-state index in [0.717, 1.165) is 23.3 Å². The molecule has 2 atom stereocenters. The van der Waals surface area contributed by atoms with E-state index in [1.165, 1.54) is 11.3 Å². The Balaban J connectivity index is 2.24. The molecule has 25 heavy (non-hydrogen) atoms. The number of amides is 1. The van der Waals surface area contributed by atoms with Crippen molar-refractivity contribution < 1.29 is 24.2 Å². The van der Waals surface area contributed by atoms with Crippen molar-refractivity contribution in [3.8, 4) is 0 Å². The van der Waals surface area contributed by atoms with E-state index in [4.69, 9.17) is 4.74 Å². The second-order valence-electron chi connectivity index (χ2n) is 6.77. The van der Waals surface area contributed by atoms with Gasteiger partial charge in [-0.15, -0.1) is 11.3 Å². The highest BCUT2D eigenvalue weighted by Crippen LogP contribution is 2.36. The number of nitrogens with one attached hydrogen (secondary N) is 1. The van der Waals surface area contributed by atoms with Gasteiger partial charge < -0.3 is 15.2 Å². The molecule has 1 aliphatic carbocycles. The van der Waals surface area contributed by atoms with Gasteiger partial charge in [0.25, 0.3) is 0 Å². The first-order valence-corrected chi connectivity index (χ1v) is 9.38. The summed E-state index contributed by atoms with van der Waals surface area (Å²) in [6.45, 7) is 7.23. The van der Waals surface area contributed by atoms with Crippen molar-refractivity contribution in [2.45, 2.75) is 59.5 Å². The Kier molecular flexibility index (Phi) is 6.21. The van der Waals surface area contributed by atoms with Gasteiger partial charge in [0.1, 0.15) is 5.00 Å². The van der Waals surface area contributed by atoms with Gasteiger partial charge in [-0.25, -0.2) is 4.79 Å². The third-order valence-corrected chi connectivity index (χ3v) is 5.71. The van der Waals surface area contributed by atoms with Gasteiger partial charge in [0, 0.05) is 4.88 Å². The summed E-state index contributed by atoms with van der Waals surface area (Å²) in [6.07, 6.45) is 2.47. The minimum Gasteiger partial charge on any atom is -0.481 e. The average molecular weight is 367 g/mol. The molecule has 0 bridgehead atoms. The Morgan fingerprint density at radius 2 is 1.76 bits per heavy atom. The molecule has 0 radical (unpaired) electrons. The minimum atomic E-state index is -0.933. The first-order valence-electron chi connectivity index (χ1n) is 8.57. The van der Waals surface area contributed by atoms with Crippen LogP contribution in [0, 0.1) is 25.7 Å². The molecule has 2 N–H and O–H groups in total. The summed E-state index contributed by atoms with van der Waals surface area (Å²) < 4.78 is 5.28. The third kappa shape index (κ3) is 4.39. The van der Waals surface area contributed by atoms with Crippen LogP contribution in [0.2, 0.25) is 0 Å². The fraction of sp³-hybridized carbons (Fsp3) is 0.611. The zero-order valence-corrected chi connectivity index (χ0v) is 15.9. The third-order valence-electron chi connectivity index (χ3n) is 4.59. The van der Waals surface area contributed by atoms with Crippen LogP contribution in [0.5, 0.6) is 0 Å². The Morgan fingerprint density at radius 1 is 1.16 bits per heavy atom. The number of ether oxygens (including phenoxy) is 1. The van der Waals surface area contributed by atoms with E-state index in [0.29, 0.717) is 23.4 Å². The monoisotopic (exact) mass is 367 g/mol. The van der Waals surface area contributed by atoms with Crippen molar-refractivity contribution >= 4 is 34.2 Å². The van der Waals surface area contributed by atoms with Crippen LogP contribution in [-0.2, 0) is 14.3 Å². The molecule has 0 aliphatic heterocycles. The predicted octanol–water partition coefficient (Wildman–Crippen LogP) is 3.76. The highest BCUT2D eigenvalue weighted by molar-refractivity contribution is 7.16. The van der Waals surface area contributed by atoms with Crippen molar-refractivity contribution in [2.75, 3.05) is 5.32 Å². The van der Waals surface area contributed by atoms with Crippen LogP contribution in [0.25, 0.3) is 0 Å². The molecule has 138 valence electrons. The molecule has 1 aromatic rings. The molecule has 1 aromatic heterocycles. The molecule has 0 unspecified atom stereocenters. The molecule has 7 heteroatoms. The van der Waals surface area contributed by atoms with Gasteiger partial charge in [0.15, 0.2) is 0 Å². The maximum atomic E-state index is 12.7. The first-order chi connectivity index (χ1) is 11.7. The Morgan fingerprint density at radius 3 is 2.32 bits per heavy atom. The maximum Gasteiger partial charge on any atom is 0.341 e. The van der Waals surface area contributed by atoms with E-state index in [1.807, 2.05) is 13.8 Å². The van der Waals surface area contributed by atoms with Gasteiger partial charge in [0.05, 0.1) is 23.5 Å². The molecular weight excluding hydrogens is 342 g/mol. The van der Waals surface area contributed by atoms with E-state index in [1.54, 1.807) is 13.8 Å². The fourth-order valence-corrected chi connectivity index (χ4v) is 4.23. The summed E-state index contributed by atoms with van der Waals surface area (Å²) in [5.74, 6) is -2.96. The van der Waals surface area contributed by atoms with Crippen LogP contribution >= 0.6 is 11.3 Å². The van der Waals surface area contributed by atoms with Crippen LogP contribution in [0.15, 0.2) is 0 Å². The number of carbonyl (C=O) groups is 3. The van der Waals surface area contributed by atoms with Crippen molar-refractivity contribution in [1.29, 1.82) is 0 Å². The predicted molar refractivity (Wildman–Crippen MR) is 96.1 cm³/mol. The van der Waals surface area contributed by atoms with Crippen LogP contribution in [0.3, 0.4) is 0 Å². The number of rotatable bonds is 5. The summed E-state index contributed by atoms with van der Waals surface area (Å²) in [4.78, 5) is 37.4. The number of aliphatic carboxylic acids is 1. The second-order valence-corrected chi connectivity index (χ2v) is 7.99. The number of carbonyl (C=O) groups excluding carboxylic acids is 2. The van der Waals surface area contributed by atoms with Crippen molar-refractivity contribution in [3.63, 3.8) is 0 Å². The minimum absolute atomic E-state index is 0.259. The molecule has 0 spiro atoms. The maximum absolute atomic E-state index is 12.7. The van der Waals surface area contributed by atoms with Gasteiger partial charge in [0.2, 0.25) is 5.91 Å². The number of thiophene rings is 1. The number of hydrogen-bond donors (Lipinski definition) is 2. The van der Waals surface area contributed by atoms with Crippen LogP contribution < -0.4 is 5.32 Å². The summed E-state index contributed by atoms with van der Waals surface area (Å²) in [7, 11) is 0. The SMILES string of the molecule is Cc1sc(NC(=O)[C@H]2CCCC[C@@H]2C(=O)O)c(C(=O)OC(C)C)c1C. The normalized spacial score (nSPS) is 20.4.